The SMILES string of the molecule is C=CCOC1(C)CCN(C2=C([C@H](OC(C)(C)C)C(=O)O)C(C)=NC3CC(COCc4cc(F)ccc4O[C@@H](C)CC=C)=NN23)CC1. The van der Waals surface area contributed by atoms with Crippen molar-refractivity contribution in [2.75, 3.05) is 26.3 Å². The molecule has 0 spiro atoms. The number of benzene rings is 1. The Bertz CT molecular complexity index is 1380. The largest absolute Gasteiger partial charge is 0.490 e. The molecule has 1 aromatic rings. The molecule has 46 heavy (non-hydrogen) atoms. The van der Waals surface area contributed by atoms with E-state index in [1.807, 2.05) is 39.6 Å². The van der Waals surface area contributed by atoms with Crippen molar-refractivity contribution in [3.63, 3.8) is 0 Å². The third-order valence-corrected chi connectivity index (χ3v) is 8.14. The standard InChI is InChI=1S/C35H49FN4O6/c1-9-11-23(3)45-28-13-12-26(36)19-25(28)21-43-22-27-20-29-37-24(4)30(31(33(41)42)46-34(5,6)7)32(40(29)38-27)39-16-14-35(8,15-17-39)44-18-10-2/h9-10,12-13,19,23,29,31H,1-2,11,14-18,20-22H2,3-8H3,(H,41,42)/t23-,29?,31-/m0/s1. The van der Waals surface area contributed by atoms with Gasteiger partial charge in [0.25, 0.3) is 0 Å². The molecule has 11 heteroatoms. The first kappa shape index (κ1) is 35.3. The Morgan fingerprint density at radius 1 is 1.22 bits per heavy atom. The number of nitrogens with zero attached hydrogens (tertiary/aromatic N) is 4. The first-order valence-electron chi connectivity index (χ1n) is 15.9. The monoisotopic (exact) mass is 640 g/mol. The van der Waals surface area contributed by atoms with Gasteiger partial charge >= 0.3 is 5.97 Å². The van der Waals surface area contributed by atoms with Crippen LogP contribution in [0.3, 0.4) is 0 Å². The Labute approximate surface area is 272 Å². The second-order valence-electron chi connectivity index (χ2n) is 13.3. The van der Waals surface area contributed by atoms with E-state index in [0.29, 0.717) is 61.0 Å². The summed E-state index contributed by atoms with van der Waals surface area (Å²) in [4.78, 5) is 19.8. The molecule has 4 rings (SSSR count). The molecule has 252 valence electrons. The second-order valence-corrected chi connectivity index (χ2v) is 13.3. The maximum Gasteiger partial charge on any atom is 0.337 e. The van der Waals surface area contributed by atoms with Crippen LogP contribution in [0.4, 0.5) is 4.39 Å². The number of carboxylic acids is 1. The number of likely N-dealkylation sites (tertiary alicyclic amines) is 1. The third-order valence-electron chi connectivity index (χ3n) is 8.14. The summed E-state index contributed by atoms with van der Waals surface area (Å²) < 4.78 is 38.4. The number of carbonyl (C=O) groups is 1. The Kier molecular flexibility index (Phi) is 11.5. The molecule has 0 aliphatic carbocycles. The van der Waals surface area contributed by atoms with Gasteiger partial charge in [-0.25, -0.2) is 14.2 Å². The van der Waals surface area contributed by atoms with Crippen LogP contribution < -0.4 is 4.74 Å². The second kappa shape index (κ2) is 14.9. The predicted molar refractivity (Wildman–Crippen MR) is 176 cm³/mol. The van der Waals surface area contributed by atoms with Gasteiger partial charge in [0.15, 0.2) is 6.10 Å². The van der Waals surface area contributed by atoms with Gasteiger partial charge < -0.3 is 29.0 Å². The van der Waals surface area contributed by atoms with Gasteiger partial charge in [0, 0.05) is 37.2 Å². The zero-order valence-corrected chi connectivity index (χ0v) is 28.1. The average Bonchev–Trinajstić information content (AvgIpc) is 3.38. The minimum atomic E-state index is -1.24. The Balaban J connectivity index is 1.60. The smallest absolute Gasteiger partial charge is 0.337 e. The minimum Gasteiger partial charge on any atom is -0.490 e. The molecule has 0 radical (unpaired) electrons. The predicted octanol–water partition coefficient (Wildman–Crippen LogP) is 6.09. The number of carboxylic acid groups (broad SMARTS) is 1. The van der Waals surface area contributed by atoms with Crippen molar-refractivity contribution in [1.29, 1.82) is 0 Å². The van der Waals surface area contributed by atoms with Crippen LogP contribution in [0.25, 0.3) is 0 Å². The van der Waals surface area contributed by atoms with Crippen molar-refractivity contribution in [1.82, 2.24) is 9.91 Å². The van der Waals surface area contributed by atoms with Crippen LogP contribution in [0.1, 0.15) is 72.8 Å². The molecular formula is C35H49FN4O6. The number of rotatable bonds is 15. The number of hydrazone groups is 1. The van der Waals surface area contributed by atoms with Crippen LogP contribution >= 0.6 is 0 Å². The lowest BCUT2D eigenvalue weighted by Crippen LogP contribution is -2.50. The summed E-state index contributed by atoms with van der Waals surface area (Å²) in [6, 6.07) is 4.40. The number of aliphatic carboxylic acids is 1. The van der Waals surface area contributed by atoms with Gasteiger partial charge in [-0.15, -0.1) is 13.2 Å². The molecule has 0 amide bonds. The topological polar surface area (TPSA) is 105 Å². The fraction of sp³-hybridized carbons (Fsp3) is 0.571. The van der Waals surface area contributed by atoms with E-state index in [-0.39, 0.29) is 36.9 Å². The molecule has 1 N–H and O–H groups in total. The van der Waals surface area contributed by atoms with Gasteiger partial charge in [0.05, 0.1) is 48.4 Å². The molecule has 3 atom stereocenters. The van der Waals surface area contributed by atoms with E-state index >= 15 is 0 Å². The molecule has 10 nitrogen and oxygen atoms in total. The molecular weight excluding hydrogens is 591 g/mol. The van der Waals surface area contributed by atoms with Gasteiger partial charge in [0.2, 0.25) is 0 Å². The summed E-state index contributed by atoms with van der Waals surface area (Å²) in [5.74, 6) is -0.215. The van der Waals surface area contributed by atoms with Crippen molar-refractivity contribution in [3.05, 3.63) is 66.3 Å². The lowest BCUT2D eigenvalue weighted by atomic mass is 9.92. The molecule has 1 fully saturated rings. The van der Waals surface area contributed by atoms with E-state index < -0.39 is 17.7 Å². The van der Waals surface area contributed by atoms with Crippen molar-refractivity contribution in [2.24, 2.45) is 10.1 Å². The normalized spacial score (nSPS) is 20.9. The lowest BCUT2D eigenvalue weighted by molar-refractivity contribution is -0.155. The average molecular weight is 641 g/mol. The summed E-state index contributed by atoms with van der Waals surface area (Å²) in [6.07, 6.45) is 4.47. The van der Waals surface area contributed by atoms with Gasteiger partial charge in [-0.05, 0) is 72.6 Å². The maximum absolute atomic E-state index is 14.1. The van der Waals surface area contributed by atoms with Gasteiger partial charge in [0.1, 0.15) is 23.6 Å². The Hall–Kier alpha value is -3.54. The molecule has 3 aliphatic heterocycles. The summed E-state index contributed by atoms with van der Waals surface area (Å²) in [5, 5.41) is 17.1. The molecule has 0 bridgehead atoms. The zero-order valence-electron chi connectivity index (χ0n) is 28.1. The highest BCUT2D eigenvalue weighted by Gasteiger charge is 2.44. The zero-order chi connectivity index (χ0) is 33.6. The summed E-state index contributed by atoms with van der Waals surface area (Å²) >= 11 is 0. The number of hydrogen-bond donors (Lipinski definition) is 1. The fourth-order valence-electron chi connectivity index (χ4n) is 5.87. The van der Waals surface area contributed by atoms with E-state index in [1.54, 1.807) is 18.2 Å². The number of halogens is 1. The number of fused-ring (bicyclic) bond motifs is 1. The third kappa shape index (κ3) is 8.83. The minimum absolute atomic E-state index is 0.115. The number of aliphatic imine (C=N–C) groups is 1. The highest BCUT2D eigenvalue weighted by atomic mass is 19.1. The van der Waals surface area contributed by atoms with Crippen molar-refractivity contribution >= 4 is 17.4 Å². The Morgan fingerprint density at radius 3 is 2.57 bits per heavy atom. The van der Waals surface area contributed by atoms with E-state index in [2.05, 4.69) is 25.0 Å². The molecule has 1 saturated heterocycles. The number of piperidine rings is 1. The van der Waals surface area contributed by atoms with E-state index in [9.17, 15) is 14.3 Å². The number of ether oxygens (including phenoxy) is 4. The van der Waals surface area contributed by atoms with E-state index in [1.165, 1.54) is 12.1 Å². The van der Waals surface area contributed by atoms with Crippen LogP contribution in [0.5, 0.6) is 5.75 Å². The highest BCUT2D eigenvalue weighted by Crippen LogP contribution is 2.38. The van der Waals surface area contributed by atoms with Gasteiger partial charge in [-0.1, -0.05) is 12.2 Å². The molecule has 1 aromatic carbocycles. The quantitative estimate of drug-likeness (QED) is 0.230. The van der Waals surface area contributed by atoms with Crippen LogP contribution in [0.2, 0.25) is 0 Å². The van der Waals surface area contributed by atoms with Gasteiger partial charge in [-0.3, -0.25) is 4.99 Å². The van der Waals surface area contributed by atoms with Crippen LogP contribution in [-0.4, -0.2) is 88.3 Å². The summed E-state index contributed by atoms with van der Waals surface area (Å²) in [7, 11) is 0. The van der Waals surface area contributed by atoms with E-state index in [4.69, 9.17) is 29.0 Å². The first-order valence-corrected chi connectivity index (χ1v) is 15.9. The molecule has 0 saturated carbocycles. The molecule has 1 unspecified atom stereocenters. The highest BCUT2D eigenvalue weighted by molar-refractivity contribution is 6.05. The molecule has 0 aromatic heterocycles. The fourth-order valence-corrected chi connectivity index (χ4v) is 5.87. The van der Waals surface area contributed by atoms with Crippen LogP contribution in [0, 0.1) is 5.82 Å². The lowest BCUT2D eigenvalue weighted by Gasteiger charge is -2.45. The molecule has 3 heterocycles. The van der Waals surface area contributed by atoms with E-state index in [0.717, 1.165) is 18.6 Å². The van der Waals surface area contributed by atoms with Crippen LogP contribution in [0.15, 0.2) is 65.0 Å². The van der Waals surface area contributed by atoms with Crippen molar-refractivity contribution in [2.45, 2.75) is 103 Å². The maximum atomic E-state index is 14.1. The van der Waals surface area contributed by atoms with Gasteiger partial charge in [-0.2, -0.15) is 5.10 Å². The first-order chi connectivity index (χ1) is 21.7. The summed E-state index contributed by atoms with van der Waals surface area (Å²) in [5.41, 5.74) is 1.43. The van der Waals surface area contributed by atoms with Crippen LogP contribution in [-0.2, 0) is 25.6 Å². The summed E-state index contributed by atoms with van der Waals surface area (Å²) in [6.45, 7) is 21.0. The number of hydrogen-bond acceptors (Lipinski definition) is 9. The molecule has 3 aliphatic rings. The van der Waals surface area contributed by atoms with Crippen molar-refractivity contribution < 1.29 is 33.2 Å². The van der Waals surface area contributed by atoms with Crippen molar-refractivity contribution in [3.8, 4) is 5.75 Å². The Morgan fingerprint density at radius 2 is 1.93 bits per heavy atom.